The van der Waals surface area contributed by atoms with Gasteiger partial charge in [-0.15, -0.1) is 0 Å². The number of unbranched alkanes of at least 4 members (excludes halogenated alkanes) is 19. The van der Waals surface area contributed by atoms with E-state index in [-0.39, 0.29) is 19.1 Å². The first-order valence-corrected chi connectivity index (χ1v) is 21.6. The Morgan fingerprint density at radius 3 is 1.73 bits per heavy atom. The van der Waals surface area contributed by atoms with E-state index >= 15 is 0 Å². The number of phosphoric acid groups is 1. The minimum Gasteiger partial charge on any atom is -0.756 e. The zero-order valence-electron chi connectivity index (χ0n) is 32.6. The summed E-state index contributed by atoms with van der Waals surface area (Å²) >= 11 is 0. The van der Waals surface area contributed by atoms with E-state index < -0.39 is 20.0 Å². The molecule has 0 radical (unpaired) electrons. The molecule has 0 aromatic heterocycles. The molecule has 0 saturated heterocycles. The van der Waals surface area contributed by atoms with Gasteiger partial charge < -0.3 is 28.8 Å². The minimum atomic E-state index is -4.56. The third-order valence-corrected chi connectivity index (χ3v) is 9.91. The highest BCUT2D eigenvalue weighted by Crippen LogP contribution is 2.38. The molecule has 1 unspecified atom stereocenters. The monoisotopic (exact) mass is 715 g/mol. The summed E-state index contributed by atoms with van der Waals surface area (Å²) in [5.41, 5.74) is 0. The molecule has 0 rings (SSSR count). The first-order chi connectivity index (χ1) is 23.5. The van der Waals surface area contributed by atoms with Gasteiger partial charge in [0.15, 0.2) is 0 Å². The van der Waals surface area contributed by atoms with Crippen LogP contribution >= 0.6 is 7.82 Å². The molecular formula is C40H79N2O6P. The number of carbonyl (C=O) groups is 1. The number of amides is 1. The summed E-state index contributed by atoms with van der Waals surface area (Å²) in [6.45, 7) is 4.66. The quantitative estimate of drug-likeness (QED) is 0.0290. The van der Waals surface area contributed by atoms with Crippen LogP contribution in [0.3, 0.4) is 0 Å². The maximum atomic E-state index is 12.8. The molecule has 0 aliphatic carbocycles. The van der Waals surface area contributed by atoms with Crippen LogP contribution in [-0.2, 0) is 18.4 Å². The number of hydrogen-bond donors (Lipinski definition) is 2. The van der Waals surface area contributed by atoms with Gasteiger partial charge in [0.05, 0.1) is 39.9 Å². The Hall–Kier alpha value is -1.02. The van der Waals surface area contributed by atoms with Crippen LogP contribution in [0.15, 0.2) is 24.3 Å². The lowest BCUT2D eigenvalue weighted by Crippen LogP contribution is -2.46. The zero-order valence-corrected chi connectivity index (χ0v) is 33.5. The largest absolute Gasteiger partial charge is 0.756 e. The van der Waals surface area contributed by atoms with Gasteiger partial charge in [-0.2, -0.15) is 0 Å². The fraction of sp³-hybridized carbons (Fsp3) is 0.875. The second-order valence-electron chi connectivity index (χ2n) is 15.0. The standard InChI is InChI=1S/C40H79N2O6P/c1-6-8-10-12-14-16-18-20-21-22-24-26-28-30-32-34-40(44)41-38(37-48-49(45,46)47-36-35-42(3,4)5)39(43)33-31-29-27-25-23-19-17-15-13-11-9-7-2/h14,16,20-21,38-39,43H,6-13,15,17-19,22-37H2,1-5H3,(H-,41,44,45,46)/b16-14+,21-20+/t38-,39+/m0/s1. The van der Waals surface area contributed by atoms with Crippen LogP contribution in [0, 0.1) is 0 Å². The van der Waals surface area contributed by atoms with Gasteiger partial charge in [-0.3, -0.25) is 9.36 Å². The Kier molecular flexibility index (Phi) is 32.2. The van der Waals surface area contributed by atoms with Gasteiger partial charge in [-0.25, -0.2) is 0 Å². The molecule has 0 bridgehead atoms. The van der Waals surface area contributed by atoms with Crippen LogP contribution in [0.2, 0.25) is 0 Å². The van der Waals surface area contributed by atoms with Gasteiger partial charge in [-0.1, -0.05) is 147 Å². The van der Waals surface area contributed by atoms with Crippen LogP contribution < -0.4 is 10.2 Å². The number of nitrogens with one attached hydrogen (secondary N) is 1. The van der Waals surface area contributed by atoms with Gasteiger partial charge in [0.1, 0.15) is 13.2 Å². The van der Waals surface area contributed by atoms with Crippen LogP contribution in [0.4, 0.5) is 0 Å². The van der Waals surface area contributed by atoms with Crippen LogP contribution in [0.5, 0.6) is 0 Å². The molecule has 8 nitrogen and oxygen atoms in total. The molecule has 0 aliphatic rings. The van der Waals surface area contributed by atoms with E-state index in [9.17, 15) is 19.4 Å². The summed E-state index contributed by atoms with van der Waals surface area (Å²) in [6, 6.07) is -0.803. The van der Waals surface area contributed by atoms with Crippen molar-refractivity contribution in [2.45, 2.75) is 187 Å². The van der Waals surface area contributed by atoms with E-state index in [1.807, 2.05) is 21.1 Å². The van der Waals surface area contributed by atoms with Crippen molar-refractivity contribution in [2.24, 2.45) is 0 Å². The maximum Gasteiger partial charge on any atom is 0.268 e. The smallest absolute Gasteiger partial charge is 0.268 e. The number of allylic oxidation sites excluding steroid dienone is 4. The van der Waals surface area contributed by atoms with E-state index in [1.54, 1.807) is 0 Å². The van der Waals surface area contributed by atoms with Crippen molar-refractivity contribution in [3.63, 3.8) is 0 Å². The molecule has 0 spiro atoms. The Morgan fingerprint density at radius 2 is 1.18 bits per heavy atom. The van der Waals surface area contributed by atoms with E-state index in [0.29, 0.717) is 23.9 Å². The predicted octanol–water partition coefficient (Wildman–Crippen LogP) is 9.94. The van der Waals surface area contributed by atoms with Gasteiger partial charge in [-0.05, 0) is 44.9 Å². The van der Waals surface area contributed by atoms with Crippen LogP contribution in [-0.4, -0.2) is 68.5 Å². The lowest BCUT2D eigenvalue weighted by molar-refractivity contribution is -0.870. The highest BCUT2D eigenvalue weighted by Gasteiger charge is 2.24. The second kappa shape index (κ2) is 32.9. The molecule has 2 N–H and O–H groups in total. The number of aliphatic hydroxyl groups is 1. The number of hydrogen-bond acceptors (Lipinski definition) is 6. The van der Waals surface area contributed by atoms with Gasteiger partial charge in [0.25, 0.3) is 7.82 Å². The van der Waals surface area contributed by atoms with Crippen molar-refractivity contribution in [2.75, 3.05) is 40.9 Å². The molecule has 49 heavy (non-hydrogen) atoms. The third-order valence-electron chi connectivity index (χ3n) is 8.94. The fourth-order valence-electron chi connectivity index (χ4n) is 5.66. The summed E-state index contributed by atoms with van der Waals surface area (Å²) in [5, 5.41) is 13.8. The Bertz CT molecular complexity index is 860. The summed E-state index contributed by atoms with van der Waals surface area (Å²) in [7, 11) is 1.29. The zero-order chi connectivity index (χ0) is 36.5. The van der Waals surface area contributed by atoms with Crippen molar-refractivity contribution in [1.29, 1.82) is 0 Å². The van der Waals surface area contributed by atoms with Gasteiger partial charge in [0.2, 0.25) is 5.91 Å². The first kappa shape index (κ1) is 48.0. The fourth-order valence-corrected chi connectivity index (χ4v) is 6.38. The molecule has 0 aromatic rings. The van der Waals surface area contributed by atoms with E-state index in [4.69, 9.17) is 9.05 Å². The van der Waals surface area contributed by atoms with Crippen molar-refractivity contribution < 1.29 is 32.9 Å². The molecule has 0 saturated carbocycles. The van der Waals surface area contributed by atoms with Crippen LogP contribution in [0.25, 0.3) is 0 Å². The molecule has 0 aliphatic heterocycles. The molecule has 0 fully saturated rings. The van der Waals surface area contributed by atoms with Gasteiger partial charge >= 0.3 is 0 Å². The van der Waals surface area contributed by atoms with Crippen molar-refractivity contribution in [3.05, 3.63) is 24.3 Å². The first-order valence-electron chi connectivity index (χ1n) is 20.2. The average molecular weight is 715 g/mol. The van der Waals surface area contributed by atoms with Gasteiger partial charge in [0, 0.05) is 6.42 Å². The summed E-state index contributed by atoms with van der Waals surface area (Å²) in [4.78, 5) is 25.2. The summed E-state index contributed by atoms with van der Waals surface area (Å²) in [5.74, 6) is -0.181. The Labute approximate surface area is 303 Å². The van der Waals surface area contributed by atoms with E-state index in [1.165, 1.54) is 83.5 Å². The summed E-state index contributed by atoms with van der Waals surface area (Å²) in [6.07, 6.45) is 36.0. The normalized spacial score (nSPS) is 14.8. The predicted molar refractivity (Wildman–Crippen MR) is 205 cm³/mol. The number of aliphatic hydroxyl groups excluding tert-OH is 1. The number of likely N-dealkylation sites (N-methyl/N-ethyl adjacent to an activating group) is 1. The lowest BCUT2D eigenvalue weighted by Gasteiger charge is -2.30. The van der Waals surface area contributed by atoms with E-state index in [2.05, 4.69) is 43.5 Å². The molecule has 1 amide bonds. The molecule has 9 heteroatoms. The topological polar surface area (TPSA) is 108 Å². The molecule has 0 heterocycles. The molecule has 3 atom stereocenters. The molecule has 290 valence electrons. The average Bonchev–Trinajstić information content (AvgIpc) is 3.04. The number of nitrogens with zero attached hydrogens (tertiary/aromatic N) is 1. The van der Waals surface area contributed by atoms with Crippen molar-refractivity contribution in [1.82, 2.24) is 5.32 Å². The molecule has 0 aromatic carbocycles. The van der Waals surface area contributed by atoms with Crippen molar-refractivity contribution in [3.8, 4) is 0 Å². The van der Waals surface area contributed by atoms with E-state index in [0.717, 1.165) is 64.2 Å². The SMILES string of the molecule is CCCCC/C=C/C/C=C/CCCCCCCC(=O)N[C@@H](COP(=O)([O-])OCC[N+](C)(C)C)[C@H](O)CCCCCCCCCCCCCC. The van der Waals surface area contributed by atoms with Crippen molar-refractivity contribution >= 4 is 13.7 Å². The maximum absolute atomic E-state index is 12.8. The number of quaternary nitrogens is 1. The lowest BCUT2D eigenvalue weighted by atomic mass is 10.0. The second-order valence-corrected chi connectivity index (χ2v) is 16.4. The highest BCUT2D eigenvalue weighted by atomic mass is 31.2. The van der Waals surface area contributed by atoms with Crippen LogP contribution in [0.1, 0.15) is 174 Å². The Balaban J connectivity index is 4.46. The number of rotatable bonds is 36. The highest BCUT2D eigenvalue weighted by molar-refractivity contribution is 7.45. The molecular weight excluding hydrogens is 635 g/mol. The minimum absolute atomic E-state index is 0.00946. The number of carbonyl (C=O) groups excluding carboxylic acids is 1. The summed E-state index contributed by atoms with van der Waals surface area (Å²) < 4.78 is 23.2. The Morgan fingerprint density at radius 1 is 0.714 bits per heavy atom. The third kappa shape index (κ3) is 35.2. The number of phosphoric ester groups is 1.